The van der Waals surface area contributed by atoms with Gasteiger partial charge >= 0.3 is 5.97 Å². The number of aliphatic hydroxyl groups excluding tert-OH is 3. The molecule has 5 atom stereocenters. The van der Waals surface area contributed by atoms with Crippen molar-refractivity contribution in [3.8, 4) is 5.75 Å². The average Bonchev–Trinajstić information content (AvgIpc) is 2.94. The van der Waals surface area contributed by atoms with Crippen LogP contribution in [0.1, 0.15) is 32.1 Å². The van der Waals surface area contributed by atoms with Crippen LogP contribution in [0.15, 0.2) is 54.6 Å². The van der Waals surface area contributed by atoms with Crippen LogP contribution < -0.4 is 4.74 Å². The number of benzene rings is 1. The van der Waals surface area contributed by atoms with E-state index in [4.69, 9.17) is 9.84 Å². The van der Waals surface area contributed by atoms with Crippen LogP contribution in [0.25, 0.3) is 0 Å². The largest absolute Gasteiger partial charge is 0.491 e. The molecule has 1 saturated carbocycles. The lowest BCUT2D eigenvalue weighted by molar-refractivity contribution is -0.137. The third-order valence-electron chi connectivity index (χ3n) is 4.97. The molecular weight excluding hydrogens is 360 g/mol. The molecule has 6 nitrogen and oxygen atoms in total. The molecule has 2 rings (SSSR count). The summed E-state index contributed by atoms with van der Waals surface area (Å²) in [5, 5.41) is 39.2. The highest BCUT2D eigenvalue weighted by atomic mass is 16.5. The first-order valence-electron chi connectivity index (χ1n) is 9.74. The maximum absolute atomic E-state index is 10.5. The van der Waals surface area contributed by atoms with Gasteiger partial charge in [0, 0.05) is 18.8 Å². The van der Waals surface area contributed by atoms with Crippen molar-refractivity contribution >= 4 is 5.97 Å². The number of allylic oxidation sites excluding steroid dienone is 2. The maximum atomic E-state index is 10.5. The number of carbonyl (C=O) groups is 1. The van der Waals surface area contributed by atoms with E-state index in [1.54, 1.807) is 12.2 Å². The van der Waals surface area contributed by atoms with Crippen LogP contribution in [0, 0.1) is 11.8 Å². The van der Waals surface area contributed by atoms with Crippen molar-refractivity contribution in [3.05, 3.63) is 54.6 Å². The van der Waals surface area contributed by atoms with E-state index < -0.39 is 24.3 Å². The minimum Gasteiger partial charge on any atom is -0.491 e. The molecule has 0 saturated heterocycles. The van der Waals surface area contributed by atoms with Crippen molar-refractivity contribution in [2.75, 3.05) is 6.61 Å². The first-order chi connectivity index (χ1) is 13.5. The summed E-state index contributed by atoms with van der Waals surface area (Å²) in [6.07, 6.45) is 7.46. The minimum absolute atomic E-state index is 0.111. The fourth-order valence-electron chi connectivity index (χ4n) is 3.46. The van der Waals surface area contributed by atoms with Crippen LogP contribution in [0.3, 0.4) is 0 Å². The van der Waals surface area contributed by atoms with E-state index in [1.807, 2.05) is 42.5 Å². The van der Waals surface area contributed by atoms with E-state index in [2.05, 4.69) is 0 Å². The Bertz CT molecular complexity index is 642. The second-order valence-corrected chi connectivity index (χ2v) is 7.18. The van der Waals surface area contributed by atoms with Gasteiger partial charge in [-0.25, -0.2) is 0 Å². The number of hydrogen-bond acceptors (Lipinski definition) is 5. The van der Waals surface area contributed by atoms with Crippen molar-refractivity contribution in [1.29, 1.82) is 0 Å². The minimum atomic E-state index is -0.808. The van der Waals surface area contributed by atoms with Crippen LogP contribution in [0.5, 0.6) is 5.75 Å². The molecule has 1 aliphatic rings. The van der Waals surface area contributed by atoms with E-state index in [-0.39, 0.29) is 24.9 Å². The Morgan fingerprint density at radius 1 is 1.18 bits per heavy atom. The Labute approximate surface area is 165 Å². The summed E-state index contributed by atoms with van der Waals surface area (Å²) in [4.78, 5) is 10.5. The number of aliphatic hydroxyl groups is 3. The summed E-state index contributed by atoms with van der Waals surface area (Å²) in [6.45, 7) is 0.111. The number of carboxylic acids is 1. The van der Waals surface area contributed by atoms with Gasteiger partial charge in [-0.2, -0.15) is 0 Å². The molecule has 4 N–H and O–H groups in total. The van der Waals surface area contributed by atoms with Gasteiger partial charge in [-0.3, -0.25) is 4.79 Å². The van der Waals surface area contributed by atoms with Gasteiger partial charge in [0.25, 0.3) is 0 Å². The zero-order chi connectivity index (χ0) is 20.4. The molecule has 0 unspecified atom stereocenters. The third-order valence-corrected chi connectivity index (χ3v) is 4.97. The zero-order valence-corrected chi connectivity index (χ0v) is 15.9. The van der Waals surface area contributed by atoms with E-state index in [1.165, 1.54) is 0 Å². The first-order valence-corrected chi connectivity index (χ1v) is 9.74. The van der Waals surface area contributed by atoms with Gasteiger partial charge in [0.2, 0.25) is 0 Å². The molecule has 0 aliphatic heterocycles. The topological polar surface area (TPSA) is 107 Å². The Balaban J connectivity index is 1.82. The Morgan fingerprint density at radius 3 is 2.64 bits per heavy atom. The molecule has 1 aromatic carbocycles. The van der Waals surface area contributed by atoms with E-state index in [0.717, 1.165) is 0 Å². The number of carboxylic acid groups (broad SMARTS) is 1. The van der Waals surface area contributed by atoms with Gasteiger partial charge in [0.1, 0.15) is 18.5 Å². The lowest BCUT2D eigenvalue weighted by Crippen LogP contribution is -2.21. The van der Waals surface area contributed by atoms with Gasteiger partial charge in [0.15, 0.2) is 0 Å². The normalized spacial score (nSPS) is 26.1. The quantitative estimate of drug-likeness (QED) is 0.342. The van der Waals surface area contributed by atoms with Crippen molar-refractivity contribution in [2.24, 2.45) is 11.8 Å². The fourth-order valence-corrected chi connectivity index (χ4v) is 3.46. The molecule has 1 aromatic rings. The second kappa shape index (κ2) is 11.6. The predicted molar refractivity (Wildman–Crippen MR) is 106 cm³/mol. The Morgan fingerprint density at radius 2 is 1.93 bits per heavy atom. The molecule has 1 aliphatic carbocycles. The molecule has 0 heterocycles. The summed E-state index contributed by atoms with van der Waals surface area (Å²) < 4.78 is 5.51. The Kier molecular flexibility index (Phi) is 9.20. The van der Waals surface area contributed by atoms with Crippen LogP contribution >= 0.6 is 0 Å². The van der Waals surface area contributed by atoms with Gasteiger partial charge in [-0.15, -0.1) is 0 Å². The van der Waals surface area contributed by atoms with Crippen LogP contribution in [0.2, 0.25) is 0 Å². The molecule has 0 amide bonds. The standard InChI is InChI=1S/C22H30O6/c23-16(15-28-17-8-4-3-5-9-17)12-13-19-18(20(24)14-21(19)25)10-6-1-2-7-11-22(26)27/h1,3-6,8-9,12-13,16,18-21,23-25H,2,7,10-11,14-15H2,(H,26,27)/b6-1-,13-12-/t16-,18-,19-,20+,21-/m1/s1. The number of rotatable bonds is 11. The fraction of sp³-hybridized carbons (Fsp3) is 0.500. The van der Waals surface area contributed by atoms with Crippen molar-refractivity contribution in [1.82, 2.24) is 0 Å². The van der Waals surface area contributed by atoms with Crippen LogP contribution in [0.4, 0.5) is 0 Å². The van der Waals surface area contributed by atoms with Crippen LogP contribution in [-0.2, 0) is 4.79 Å². The highest BCUT2D eigenvalue weighted by Crippen LogP contribution is 2.36. The summed E-state index contributed by atoms with van der Waals surface area (Å²) in [5.41, 5.74) is 0. The SMILES string of the molecule is O=C(O)CCC/C=C\C[C@@H]1[C@@H](/C=C\[C@@H](O)COc2ccccc2)[C@H](O)C[C@@H]1O. The molecule has 1 fully saturated rings. The number of aliphatic carboxylic acids is 1. The monoisotopic (exact) mass is 390 g/mol. The molecule has 6 heteroatoms. The average molecular weight is 390 g/mol. The van der Waals surface area contributed by atoms with E-state index in [0.29, 0.717) is 31.4 Å². The molecule has 28 heavy (non-hydrogen) atoms. The molecule has 0 aromatic heterocycles. The van der Waals surface area contributed by atoms with Crippen molar-refractivity contribution in [3.63, 3.8) is 0 Å². The van der Waals surface area contributed by atoms with Crippen LogP contribution in [-0.4, -0.2) is 51.3 Å². The predicted octanol–water partition coefficient (Wildman–Crippen LogP) is 2.54. The number of unbranched alkanes of at least 4 members (excludes halogenated alkanes) is 1. The number of hydrogen-bond donors (Lipinski definition) is 4. The molecule has 0 bridgehead atoms. The lowest BCUT2D eigenvalue weighted by Gasteiger charge is -2.19. The van der Waals surface area contributed by atoms with E-state index in [9.17, 15) is 20.1 Å². The van der Waals surface area contributed by atoms with Crippen molar-refractivity contribution < 1.29 is 30.0 Å². The summed E-state index contributed by atoms with van der Waals surface area (Å²) in [6, 6.07) is 9.22. The highest BCUT2D eigenvalue weighted by Gasteiger charge is 2.39. The van der Waals surface area contributed by atoms with Gasteiger partial charge in [0.05, 0.1) is 12.2 Å². The maximum Gasteiger partial charge on any atom is 0.303 e. The van der Waals surface area contributed by atoms with Gasteiger partial charge in [-0.1, -0.05) is 42.5 Å². The summed E-state index contributed by atoms with van der Waals surface area (Å²) in [5.74, 6) is -0.505. The van der Waals surface area contributed by atoms with E-state index >= 15 is 0 Å². The first kappa shape index (κ1) is 22.1. The van der Waals surface area contributed by atoms with Crippen molar-refractivity contribution in [2.45, 2.75) is 50.4 Å². The highest BCUT2D eigenvalue weighted by molar-refractivity contribution is 5.66. The molecule has 154 valence electrons. The third kappa shape index (κ3) is 7.46. The van der Waals surface area contributed by atoms with Gasteiger partial charge < -0.3 is 25.2 Å². The second-order valence-electron chi connectivity index (χ2n) is 7.18. The number of ether oxygens (including phenoxy) is 1. The summed E-state index contributed by atoms with van der Waals surface area (Å²) >= 11 is 0. The smallest absolute Gasteiger partial charge is 0.303 e. The molecular formula is C22H30O6. The molecule has 0 radical (unpaired) electrons. The summed E-state index contributed by atoms with van der Waals surface area (Å²) in [7, 11) is 0. The lowest BCUT2D eigenvalue weighted by atomic mass is 9.89. The molecule has 0 spiro atoms. The Hall–Kier alpha value is -2.15. The zero-order valence-electron chi connectivity index (χ0n) is 15.9. The number of para-hydroxylation sites is 1. The van der Waals surface area contributed by atoms with Gasteiger partial charge in [-0.05, 0) is 37.3 Å².